The molecule has 1 aromatic heterocycles. The van der Waals surface area contributed by atoms with Crippen LogP contribution in [0.25, 0.3) is 0 Å². The summed E-state index contributed by atoms with van der Waals surface area (Å²) in [6, 6.07) is 0.787. The van der Waals surface area contributed by atoms with Gasteiger partial charge in [0, 0.05) is 32.4 Å². The summed E-state index contributed by atoms with van der Waals surface area (Å²) in [5, 5.41) is 3.66. The van der Waals surface area contributed by atoms with Crippen LogP contribution >= 0.6 is 0 Å². The van der Waals surface area contributed by atoms with Gasteiger partial charge in [-0.25, -0.2) is 4.98 Å². The molecule has 1 atom stereocenters. The molecule has 1 aromatic rings. The third-order valence-corrected chi connectivity index (χ3v) is 4.46. The molecule has 2 aliphatic rings. The van der Waals surface area contributed by atoms with Gasteiger partial charge in [-0.1, -0.05) is 0 Å². The van der Waals surface area contributed by atoms with Crippen molar-refractivity contribution in [3.05, 3.63) is 11.9 Å². The zero-order valence-electron chi connectivity index (χ0n) is 11.5. The number of hydrogen-bond donors (Lipinski definition) is 1. The molecule has 1 unspecified atom stereocenters. The first-order chi connectivity index (χ1) is 8.74. The number of nitrogens with one attached hydrogen (secondary N) is 1. The highest BCUT2D eigenvalue weighted by Gasteiger charge is 2.29. The summed E-state index contributed by atoms with van der Waals surface area (Å²) >= 11 is 0. The van der Waals surface area contributed by atoms with Crippen molar-refractivity contribution in [3.8, 4) is 0 Å². The third kappa shape index (κ3) is 2.26. The fraction of sp³-hybridized carbons (Fsp3) is 0.786. The minimum absolute atomic E-state index is 0.787. The second kappa shape index (κ2) is 4.92. The van der Waals surface area contributed by atoms with Gasteiger partial charge in [0.15, 0.2) is 0 Å². The van der Waals surface area contributed by atoms with Gasteiger partial charge in [0.2, 0.25) is 5.95 Å². The minimum Gasteiger partial charge on any atom is -0.342 e. The van der Waals surface area contributed by atoms with Gasteiger partial charge in [-0.2, -0.15) is 0 Å². The van der Waals surface area contributed by atoms with Gasteiger partial charge < -0.3 is 14.8 Å². The van der Waals surface area contributed by atoms with Crippen LogP contribution in [0.3, 0.4) is 0 Å². The van der Waals surface area contributed by atoms with Crippen LogP contribution in [0.1, 0.15) is 31.4 Å². The van der Waals surface area contributed by atoms with Gasteiger partial charge in [0.1, 0.15) is 0 Å². The van der Waals surface area contributed by atoms with Gasteiger partial charge in [-0.15, -0.1) is 0 Å². The fourth-order valence-corrected chi connectivity index (χ4v) is 3.51. The van der Waals surface area contributed by atoms with E-state index in [9.17, 15) is 0 Å². The number of hydrogen-bond acceptors (Lipinski definition) is 3. The molecule has 4 heteroatoms. The number of rotatable bonds is 2. The van der Waals surface area contributed by atoms with Crippen LogP contribution in [-0.4, -0.2) is 35.2 Å². The molecule has 1 N–H and O–H groups in total. The lowest BCUT2D eigenvalue weighted by molar-refractivity contribution is 0.317. The van der Waals surface area contributed by atoms with Crippen LogP contribution in [0.2, 0.25) is 0 Å². The maximum atomic E-state index is 4.63. The molecule has 100 valence electrons. The van der Waals surface area contributed by atoms with E-state index in [2.05, 4.69) is 39.9 Å². The average molecular weight is 248 g/mol. The van der Waals surface area contributed by atoms with Crippen molar-refractivity contribution in [2.75, 3.05) is 24.5 Å². The Hall–Kier alpha value is -1.03. The quantitative estimate of drug-likeness (QED) is 0.865. The molecule has 2 aliphatic heterocycles. The molecule has 0 amide bonds. The van der Waals surface area contributed by atoms with Crippen molar-refractivity contribution >= 4 is 5.95 Å². The molecule has 2 fully saturated rings. The second-order valence-electron chi connectivity index (χ2n) is 5.82. The molecule has 4 nitrogen and oxygen atoms in total. The van der Waals surface area contributed by atoms with Crippen molar-refractivity contribution < 1.29 is 0 Å². The van der Waals surface area contributed by atoms with Gasteiger partial charge in [0.05, 0.1) is 5.69 Å². The Bertz CT molecular complexity index is 398. The Morgan fingerprint density at radius 3 is 2.61 bits per heavy atom. The summed E-state index contributed by atoms with van der Waals surface area (Å²) in [5.41, 5.74) is 1.12. The maximum Gasteiger partial charge on any atom is 0.205 e. The Morgan fingerprint density at radius 1 is 1.28 bits per heavy atom. The summed E-state index contributed by atoms with van der Waals surface area (Å²) < 4.78 is 2.16. The van der Waals surface area contributed by atoms with Crippen molar-refractivity contribution in [1.82, 2.24) is 14.9 Å². The first-order valence-corrected chi connectivity index (χ1v) is 7.22. The molecule has 0 aromatic carbocycles. The molecule has 0 bridgehead atoms. The standard InChI is InChI=1S/C14H24N4/c1-11-10-17(2)14(16-11)18-8-5-12(6-9-18)13-4-3-7-15-13/h10,12-13,15H,3-9H2,1-2H3. The monoisotopic (exact) mass is 248 g/mol. The van der Waals surface area contributed by atoms with Gasteiger partial charge >= 0.3 is 0 Å². The second-order valence-corrected chi connectivity index (χ2v) is 5.82. The Kier molecular flexibility index (Phi) is 3.29. The Balaban J connectivity index is 1.61. The average Bonchev–Trinajstić information content (AvgIpc) is 2.99. The minimum atomic E-state index is 0.787. The number of imidazole rings is 1. The number of anilines is 1. The zero-order chi connectivity index (χ0) is 12.5. The Labute approximate surface area is 109 Å². The van der Waals surface area contributed by atoms with Crippen LogP contribution in [0, 0.1) is 12.8 Å². The van der Waals surface area contributed by atoms with Crippen LogP contribution in [-0.2, 0) is 7.05 Å². The van der Waals surface area contributed by atoms with Gasteiger partial charge in [0.25, 0.3) is 0 Å². The lowest BCUT2D eigenvalue weighted by Gasteiger charge is -2.35. The number of aryl methyl sites for hydroxylation is 2. The molecule has 2 saturated heterocycles. The summed E-state index contributed by atoms with van der Waals surface area (Å²) in [4.78, 5) is 7.07. The van der Waals surface area contributed by atoms with E-state index in [1.807, 2.05) is 0 Å². The lowest BCUT2D eigenvalue weighted by Crippen LogP contribution is -2.41. The maximum absolute atomic E-state index is 4.63. The highest BCUT2D eigenvalue weighted by molar-refractivity contribution is 5.33. The van der Waals surface area contributed by atoms with Gasteiger partial charge in [-0.05, 0) is 45.1 Å². The normalized spacial score (nSPS) is 25.9. The highest BCUT2D eigenvalue weighted by atomic mass is 15.3. The SMILES string of the molecule is Cc1cn(C)c(N2CCC(C3CCCN3)CC2)n1. The summed E-state index contributed by atoms with van der Waals surface area (Å²) in [5.74, 6) is 2.02. The fourth-order valence-electron chi connectivity index (χ4n) is 3.51. The van der Waals surface area contributed by atoms with Crippen LogP contribution in [0.4, 0.5) is 5.95 Å². The van der Waals surface area contributed by atoms with Crippen molar-refractivity contribution in [1.29, 1.82) is 0 Å². The topological polar surface area (TPSA) is 33.1 Å². The van der Waals surface area contributed by atoms with Crippen LogP contribution in [0.15, 0.2) is 6.20 Å². The molecule has 18 heavy (non-hydrogen) atoms. The summed E-state index contributed by atoms with van der Waals surface area (Å²) in [7, 11) is 2.10. The van der Waals surface area contributed by atoms with E-state index in [0.29, 0.717) is 0 Å². The summed E-state index contributed by atoms with van der Waals surface area (Å²) in [6.07, 6.45) is 7.47. The molecule has 3 heterocycles. The molecule has 0 saturated carbocycles. The number of nitrogens with zero attached hydrogens (tertiary/aromatic N) is 3. The van der Waals surface area contributed by atoms with Crippen LogP contribution in [0.5, 0.6) is 0 Å². The van der Waals surface area contributed by atoms with Crippen molar-refractivity contribution in [3.63, 3.8) is 0 Å². The van der Waals surface area contributed by atoms with E-state index < -0.39 is 0 Å². The van der Waals surface area contributed by atoms with Crippen LogP contribution < -0.4 is 10.2 Å². The molecular formula is C14H24N4. The largest absolute Gasteiger partial charge is 0.342 e. The molecular weight excluding hydrogens is 224 g/mol. The third-order valence-electron chi connectivity index (χ3n) is 4.46. The van der Waals surface area contributed by atoms with Crippen molar-refractivity contribution in [2.45, 2.75) is 38.6 Å². The predicted octanol–water partition coefficient (Wildman–Crippen LogP) is 1.70. The molecule has 0 aliphatic carbocycles. The van der Waals surface area contributed by atoms with E-state index >= 15 is 0 Å². The number of piperidine rings is 1. The van der Waals surface area contributed by atoms with E-state index in [1.165, 1.54) is 32.2 Å². The first kappa shape index (κ1) is 12.0. The van der Waals surface area contributed by atoms with Crippen molar-refractivity contribution in [2.24, 2.45) is 13.0 Å². The lowest BCUT2D eigenvalue weighted by atomic mass is 9.89. The van der Waals surface area contributed by atoms with Gasteiger partial charge in [-0.3, -0.25) is 0 Å². The summed E-state index contributed by atoms with van der Waals surface area (Å²) in [6.45, 7) is 5.61. The van der Waals surface area contributed by atoms with E-state index in [4.69, 9.17) is 0 Å². The molecule has 0 radical (unpaired) electrons. The molecule has 0 spiro atoms. The van der Waals surface area contributed by atoms with E-state index in [1.54, 1.807) is 0 Å². The Morgan fingerprint density at radius 2 is 2.06 bits per heavy atom. The smallest absolute Gasteiger partial charge is 0.205 e. The number of aromatic nitrogens is 2. The first-order valence-electron chi connectivity index (χ1n) is 7.22. The highest BCUT2D eigenvalue weighted by Crippen LogP contribution is 2.27. The molecule has 3 rings (SSSR count). The van der Waals surface area contributed by atoms with E-state index in [-0.39, 0.29) is 0 Å². The van der Waals surface area contributed by atoms with E-state index in [0.717, 1.165) is 36.7 Å². The zero-order valence-corrected chi connectivity index (χ0v) is 11.5. The predicted molar refractivity (Wildman–Crippen MR) is 73.9 cm³/mol.